The van der Waals surface area contributed by atoms with Crippen LogP contribution in [0.15, 0.2) is 279 Å². The van der Waals surface area contributed by atoms with Crippen LogP contribution in [0.1, 0.15) is 142 Å². The molecule has 5 aromatic heterocycles. The molecule has 0 atom stereocenters. The molecule has 0 aliphatic carbocycles. The second-order valence-electron chi connectivity index (χ2n) is 35.3. The van der Waals surface area contributed by atoms with Gasteiger partial charge >= 0.3 is 0 Å². The zero-order chi connectivity index (χ0) is 81.9. The van der Waals surface area contributed by atoms with Gasteiger partial charge in [-0.25, -0.2) is 0 Å². The number of hydrogen-bond donors (Lipinski definition) is 0. The second-order valence-corrected chi connectivity index (χ2v) is 36.4. The maximum Gasteiger partial charge on any atom is 0.252 e. The van der Waals surface area contributed by atoms with E-state index in [4.69, 9.17) is 12.7 Å². The fraction of sp³-hybridized carbons (Fsp3) is 0.196. The van der Waals surface area contributed by atoms with Crippen molar-refractivity contribution in [3.8, 4) is 56.1 Å². The van der Waals surface area contributed by atoms with Gasteiger partial charge in [0.25, 0.3) is 6.71 Å². The number of anilines is 6. The van der Waals surface area contributed by atoms with Crippen molar-refractivity contribution in [1.82, 2.24) is 19.1 Å². The molecule has 0 saturated carbocycles. The minimum atomic E-state index is -0.512. The highest BCUT2D eigenvalue weighted by molar-refractivity contribution is 7.26. The Labute approximate surface area is 660 Å². The molecule has 6 nitrogen and oxygen atoms in total. The first kappa shape index (κ1) is 61.3. The SMILES string of the molecule is [2H]c1cc2c3c([2H])c([2H])c([2H])c([2H])c3n(-c3ccc4c(c3)N(c3c(-c5cccc(C(C)(C)C)n5)cc(C(C)(C)C)cc3-c3cccc(C(C)(C)C)n3)c3cc(C(C)(C)C)cc5c3B4c3ccc(-n4c6ccccc6c6c7sc8ccccc8c7ccc64)cc3N5c3cc(-c4ccccc4)c(C(C)(C)C)cc3-c3ccccc3)c2c([2H])c1[2H]. The molecule has 19 rings (SSSR count). The normalized spacial score (nSPS) is 14.2. The summed E-state index contributed by atoms with van der Waals surface area (Å²) in [5.41, 5.74) is 23.4. The zero-order valence-corrected chi connectivity index (χ0v) is 66.0. The van der Waals surface area contributed by atoms with Crippen LogP contribution in [0.2, 0.25) is 0 Å². The predicted octanol–water partition coefficient (Wildman–Crippen LogP) is 26.3. The Hall–Kier alpha value is -11.6. The standard InChI is InChI=1S/C102H91BN6S/c1-98(2,3)64-54-75(80-40-30-46-92(104-80)101(10,11)12)96(76(55-64)81-41-31-47-93(105-81)102(13,14)15)109-88-59-66(106-82-42-26-22-36-68(82)69-37-23-27-43-83(69)106)48-52-79(88)103-78-51-49-67(107-84-44-28-24-39-72(84)94-85(107)53-50-71-70-38-25-29-45-91(70)110-97(71)94)58-87(78)108(89-56-65(99(4,5)6)57-90(109)95(89)103)86-61-73(62-32-18-16-19-33-62)77(100(7,8)9)60-74(86)63-34-20-17-21-35-63/h16-61H,1-15H3/i22D,23D,26D,27D,36D,42D,43D. The van der Waals surface area contributed by atoms with Crippen LogP contribution in [0.5, 0.6) is 0 Å². The minimum absolute atomic E-state index is 0.141. The molecule has 0 spiro atoms. The smallest absolute Gasteiger partial charge is 0.252 e. The van der Waals surface area contributed by atoms with E-state index < -0.39 is 29.6 Å². The summed E-state index contributed by atoms with van der Waals surface area (Å²) >= 11 is 1.85. The van der Waals surface area contributed by atoms with Gasteiger partial charge in [-0.2, -0.15) is 0 Å². The van der Waals surface area contributed by atoms with Gasteiger partial charge in [0.15, 0.2) is 0 Å². The predicted molar refractivity (Wildman–Crippen MR) is 473 cm³/mol. The van der Waals surface area contributed by atoms with E-state index in [1.54, 1.807) is 4.57 Å². The summed E-state index contributed by atoms with van der Waals surface area (Å²) in [6.07, 6.45) is 0. The van der Waals surface area contributed by atoms with E-state index in [0.717, 1.165) is 135 Å². The molecule has 0 fully saturated rings. The van der Waals surface area contributed by atoms with E-state index in [0.29, 0.717) is 5.69 Å². The third kappa shape index (κ3) is 11.1. The molecule has 7 heterocycles. The van der Waals surface area contributed by atoms with Crippen molar-refractivity contribution < 1.29 is 9.60 Å². The Kier molecular flexibility index (Phi) is 13.9. The van der Waals surface area contributed by atoms with Crippen molar-refractivity contribution in [2.45, 2.75) is 131 Å². The molecule has 538 valence electrons. The molecular weight excluding hydrogens is 1350 g/mol. The number of rotatable bonds is 8. The van der Waals surface area contributed by atoms with E-state index in [1.807, 2.05) is 17.4 Å². The van der Waals surface area contributed by atoms with Gasteiger partial charge in [-0.05, 0) is 181 Å². The average molecular weight is 1450 g/mol. The van der Waals surface area contributed by atoms with Crippen LogP contribution in [0.25, 0.3) is 120 Å². The average Bonchev–Trinajstić information content (AvgIpc) is 1.47. The van der Waals surface area contributed by atoms with E-state index >= 15 is 0 Å². The van der Waals surface area contributed by atoms with Gasteiger partial charge in [0.2, 0.25) is 0 Å². The molecule has 0 saturated heterocycles. The number of nitrogens with zero attached hydrogens (tertiary/aromatic N) is 6. The Morgan fingerprint density at radius 1 is 0.345 bits per heavy atom. The monoisotopic (exact) mass is 1450 g/mol. The van der Waals surface area contributed by atoms with Crippen LogP contribution in [-0.2, 0) is 27.1 Å². The fourth-order valence-electron chi connectivity index (χ4n) is 17.2. The Morgan fingerprint density at radius 3 is 1.48 bits per heavy atom. The molecule has 0 radical (unpaired) electrons. The number of fused-ring (bicyclic) bond motifs is 14. The summed E-state index contributed by atoms with van der Waals surface area (Å²) in [7, 11) is 0. The Bertz CT molecular complexity index is 7010. The lowest BCUT2D eigenvalue weighted by atomic mass is 9.33. The van der Waals surface area contributed by atoms with E-state index in [-0.39, 0.29) is 68.3 Å². The number of pyridine rings is 2. The van der Waals surface area contributed by atoms with Gasteiger partial charge in [-0.1, -0.05) is 268 Å². The molecule has 0 bridgehead atoms. The molecule has 110 heavy (non-hydrogen) atoms. The highest BCUT2D eigenvalue weighted by Gasteiger charge is 2.47. The van der Waals surface area contributed by atoms with E-state index in [2.05, 4.69) is 343 Å². The number of aromatic nitrogens is 4. The van der Waals surface area contributed by atoms with Gasteiger partial charge in [-0.15, -0.1) is 11.3 Å². The van der Waals surface area contributed by atoms with Gasteiger partial charge in [0.1, 0.15) is 0 Å². The Morgan fingerprint density at radius 2 is 0.873 bits per heavy atom. The maximum atomic E-state index is 9.96. The summed E-state index contributed by atoms with van der Waals surface area (Å²) < 4.78 is 73.4. The number of hydrogen-bond acceptors (Lipinski definition) is 5. The molecule has 0 unspecified atom stereocenters. The lowest BCUT2D eigenvalue weighted by Gasteiger charge is -2.46. The molecule has 2 aliphatic heterocycles. The Balaban J connectivity index is 1.02. The van der Waals surface area contributed by atoms with E-state index in [9.17, 15) is 6.85 Å². The van der Waals surface area contributed by atoms with Crippen molar-refractivity contribution in [3.05, 3.63) is 307 Å². The largest absolute Gasteiger partial charge is 0.311 e. The first-order chi connectivity index (χ1) is 55.6. The third-order valence-corrected chi connectivity index (χ3v) is 24.1. The highest BCUT2D eigenvalue weighted by atomic mass is 32.1. The van der Waals surface area contributed by atoms with Crippen LogP contribution < -0.4 is 26.2 Å². The molecule has 17 aromatic rings. The molecular formula is C102H91BN6S. The summed E-state index contributed by atoms with van der Waals surface area (Å²) in [6.45, 7) is 33.4. The van der Waals surface area contributed by atoms with Crippen molar-refractivity contribution in [2.75, 3.05) is 9.80 Å². The fourth-order valence-corrected chi connectivity index (χ4v) is 18.5. The maximum absolute atomic E-state index is 9.96. The molecule has 0 N–H and O–H groups in total. The number of benzene rings is 12. The zero-order valence-electron chi connectivity index (χ0n) is 72.2. The third-order valence-electron chi connectivity index (χ3n) is 22.9. The second kappa shape index (κ2) is 25.0. The lowest BCUT2D eigenvalue weighted by Crippen LogP contribution is -2.61. The van der Waals surface area contributed by atoms with Gasteiger partial charge in [0, 0.05) is 115 Å². The number of thiophene rings is 1. The lowest BCUT2D eigenvalue weighted by molar-refractivity contribution is 0.569. The topological polar surface area (TPSA) is 42.1 Å². The molecule has 8 heteroatoms. The quantitative estimate of drug-likeness (QED) is 0.142. The minimum Gasteiger partial charge on any atom is -0.311 e. The summed E-state index contributed by atoms with van der Waals surface area (Å²) in [6, 6.07) is 84.1. The van der Waals surface area contributed by atoms with Crippen LogP contribution in [0.4, 0.5) is 34.1 Å². The summed E-state index contributed by atoms with van der Waals surface area (Å²) in [5, 5.41) is 5.32. The van der Waals surface area contributed by atoms with Crippen LogP contribution in [0.3, 0.4) is 0 Å². The van der Waals surface area contributed by atoms with Gasteiger partial charge in [-0.3, -0.25) is 9.97 Å². The van der Waals surface area contributed by atoms with Crippen LogP contribution >= 0.6 is 11.3 Å². The van der Waals surface area contributed by atoms with Gasteiger partial charge < -0.3 is 18.9 Å². The molecule has 0 amide bonds. The first-order valence-electron chi connectivity index (χ1n) is 42.0. The van der Waals surface area contributed by atoms with Crippen molar-refractivity contribution in [1.29, 1.82) is 0 Å². The van der Waals surface area contributed by atoms with Crippen molar-refractivity contribution in [3.63, 3.8) is 0 Å². The summed E-state index contributed by atoms with van der Waals surface area (Å²) in [5.74, 6) is 0. The van der Waals surface area contributed by atoms with E-state index in [1.165, 1.54) is 42.6 Å². The molecule has 12 aromatic carbocycles. The van der Waals surface area contributed by atoms with Crippen LogP contribution in [-0.4, -0.2) is 25.8 Å². The first-order valence-corrected chi connectivity index (χ1v) is 39.3. The van der Waals surface area contributed by atoms with Crippen molar-refractivity contribution in [2.24, 2.45) is 0 Å². The number of para-hydroxylation sites is 3. The van der Waals surface area contributed by atoms with Gasteiger partial charge in [0.05, 0.1) is 54.4 Å². The highest BCUT2D eigenvalue weighted by Crippen LogP contribution is 2.56. The van der Waals surface area contributed by atoms with Crippen LogP contribution in [0, 0.1) is 0 Å². The van der Waals surface area contributed by atoms with Crippen molar-refractivity contribution >= 4 is 132 Å². The summed E-state index contributed by atoms with van der Waals surface area (Å²) in [4.78, 5) is 16.6. The molecule has 2 aliphatic rings.